The monoisotopic (exact) mass is 414 g/mol. The second-order valence-corrected chi connectivity index (χ2v) is 8.34. The Morgan fingerprint density at radius 1 is 1.21 bits per heavy atom. The highest BCUT2D eigenvalue weighted by atomic mass is 32.2. The maximum Gasteiger partial charge on any atom is 0.272 e. The van der Waals surface area contributed by atoms with Crippen molar-refractivity contribution in [3.05, 3.63) is 75.3 Å². The van der Waals surface area contributed by atoms with Gasteiger partial charge < -0.3 is 0 Å². The topological polar surface area (TPSA) is 98.0 Å². The molecule has 0 saturated heterocycles. The van der Waals surface area contributed by atoms with Gasteiger partial charge in [-0.1, -0.05) is 53.4 Å². The van der Waals surface area contributed by atoms with E-state index in [1.165, 1.54) is 35.1 Å². The third-order valence-electron chi connectivity index (χ3n) is 3.96. The predicted molar refractivity (Wildman–Crippen MR) is 111 cm³/mol. The number of nitrogens with one attached hydrogen (secondary N) is 1. The van der Waals surface area contributed by atoms with Crippen LogP contribution in [0, 0.1) is 17.0 Å². The van der Waals surface area contributed by atoms with Crippen molar-refractivity contribution in [2.75, 3.05) is 11.1 Å². The van der Waals surface area contributed by atoms with Crippen LogP contribution in [0.1, 0.15) is 27.9 Å². The van der Waals surface area contributed by atoms with Gasteiger partial charge in [0.1, 0.15) is 0 Å². The zero-order valence-corrected chi connectivity index (χ0v) is 16.8. The van der Waals surface area contributed by atoms with Gasteiger partial charge in [0.25, 0.3) is 11.6 Å². The minimum atomic E-state index is -0.469. The van der Waals surface area contributed by atoms with E-state index >= 15 is 0 Å². The molecule has 3 aromatic rings. The van der Waals surface area contributed by atoms with Crippen LogP contribution in [0.2, 0.25) is 0 Å². The molecule has 1 aromatic heterocycles. The molecule has 0 saturated carbocycles. The van der Waals surface area contributed by atoms with Gasteiger partial charge in [0, 0.05) is 22.9 Å². The molecule has 0 fully saturated rings. The highest BCUT2D eigenvalue weighted by molar-refractivity contribution is 8.01. The summed E-state index contributed by atoms with van der Waals surface area (Å²) < 4.78 is 0.795. The van der Waals surface area contributed by atoms with Crippen molar-refractivity contribution in [1.82, 2.24) is 10.2 Å². The fraction of sp³-hybridized carbons (Fsp3) is 0.211. The Labute approximate surface area is 170 Å². The maximum atomic E-state index is 12.3. The fourth-order valence-corrected chi connectivity index (χ4v) is 4.33. The largest absolute Gasteiger partial charge is 0.296 e. The van der Waals surface area contributed by atoms with Crippen LogP contribution < -0.4 is 5.32 Å². The van der Waals surface area contributed by atoms with Crippen LogP contribution in [0.15, 0.2) is 52.9 Å². The minimum Gasteiger partial charge on any atom is -0.296 e. The summed E-state index contributed by atoms with van der Waals surface area (Å²) >= 11 is 2.92. The second-order valence-electron chi connectivity index (χ2n) is 6.02. The van der Waals surface area contributed by atoms with Crippen LogP contribution in [0.4, 0.5) is 10.8 Å². The highest BCUT2D eigenvalue weighted by Crippen LogP contribution is 2.27. The molecule has 1 N–H and O–H groups in total. The lowest BCUT2D eigenvalue weighted by atomic mass is 10.1. The summed E-state index contributed by atoms with van der Waals surface area (Å²) in [5, 5.41) is 22.1. The van der Waals surface area contributed by atoms with E-state index in [-0.39, 0.29) is 11.6 Å². The number of nitrogens with zero attached hydrogens (tertiary/aromatic N) is 3. The number of hydrogen-bond donors (Lipinski definition) is 1. The molecule has 7 nitrogen and oxygen atoms in total. The van der Waals surface area contributed by atoms with Gasteiger partial charge in [-0.2, -0.15) is 0 Å². The number of aromatic nitrogens is 2. The SMILES string of the molecule is Cc1cc(C(=O)Nc2nnc(SCCCc3ccccc3)s2)ccc1[N+](=O)[O-]. The van der Waals surface area contributed by atoms with E-state index in [4.69, 9.17) is 0 Å². The molecule has 0 spiro atoms. The van der Waals surface area contributed by atoms with Crippen molar-refractivity contribution in [3.63, 3.8) is 0 Å². The van der Waals surface area contributed by atoms with Gasteiger partial charge in [-0.25, -0.2) is 0 Å². The molecule has 0 atom stereocenters. The number of nitro groups is 1. The third-order valence-corrected chi connectivity index (χ3v) is 6.02. The van der Waals surface area contributed by atoms with E-state index in [9.17, 15) is 14.9 Å². The lowest BCUT2D eigenvalue weighted by molar-refractivity contribution is -0.385. The van der Waals surface area contributed by atoms with Gasteiger partial charge in [-0.05, 0) is 37.5 Å². The summed E-state index contributed by atoms with van der Waals surface area (Å²) in [4.78, 5) is 22.7. The molecule has 144 valence electrons. The molecule has 1 heterocycles. The fourth-order valence-electron chi connectivity index (χ4n) is 2.57. The molecule has 0 aliphatic carbocycles. The van der Waals surface area contributed by atoms with Gasteiger partial charge >= 0.3 is 0 Å². The van der Waals surface area contributed by atoms with Crippen molar-refractivity contribution in [2.24, 2.45) is 0 Å². The van der Waals surface area contributed by atoms with E-state index in [0.717, 1.165) is 22.9 Å². The van der Waals surface area contributed by atoms with Crippen molar-refractivity contribution in [3.8, 4) is 0 Å². The van der Waals surface area contributed by atoms with E-state index in [0.29, 0.717) is 16.3 Å². The molecule has 2 aromatic carbocycles. The van der Waals surface area contributed by atoms with Gasteiger partial charge in [0.2, 0.25) is 5.13 Å². The first-order valence-corrected chi connectivity index (χ1v) is 10.4. The summed E-state index contributed by atoms with van der Waals surface area (Å²) in [6.45, 7) is 1.60. The van der Waals surface area contributed by atoms with Gasteiger partial charge in [0.15, 0.2) is 4.34 Å². The number of carbonyl (C=O) groups excluding carboxylic acids is 1. The van der Waals surface area contributed by atoms with Crippen LogP contribution in [0.25, 0.3) is 0 Å². The number of anilines is 1. The summed E-state index contributed by atoms with van der Waals surface area (Å²) in [7, 11) is 0. The van der Waals surface area contributed by atoms with Crippen LogP contribution in [0.5, 0.6) is 0 Å². The molecule has 0 radical (unpaired) electrons. The molecule has 3 rings (SSSR count). The van der Waals surface area contributed by atoms with Crippen LogP contribution in [-0.2, 0) is 6.42 Å². The number of aryl methyl sites for hydroxylation is 2. The quantitative estimate of drug-likeness (QED) is 0.188. The molecular weight excluding hydrogens is 396 g/mol. The average Bonchev–Trinajstić information content (AvgIpc) is 3.13. The van der Waals surface area contributed by atoms with Crippen molar-refractivity contribution < 1.29 is 9.72 Å². The smallest absolute Gasteiger partial charge is 0.272 e. The number of benzene rings is 2. The molecule has 0 bridgehead atoms. The first-order valence-electron chi connectivity index (χ1n) is 8.59. The Balaban J connectivity index is 1.50. The molecule has 0 unspecified atom stereocenters. The molecular formula is C19H18N4O3S2. The molecule has 28 heavy (non-hydrogen) atoms. The zero-order chi connectivity index (χ0) is 19.9. The Kier molecular flexibility index (Phi) is 6.72. The number of carbonyl (C=O) groups is 1. The third kappa shape index (κ3) is 5.37. The van der Waals surface area contributed by atoms with Crippen LogP contribution >= 0.6 is 23.1 Å². The lowest BCUT2D eigenvalue weighted by Crippen LogP contribution is -2.12. The Morgan fingerprint density at radius 2 is 2.00 bits per heavy atom. The molecule has 0 aliphatic heterocycles. The van der Waals surface area contributed by atoms with E-state index in [2.05, 4.69) is 27.6 Å². The summed E-state index contributed by atoms with van der Waals surface area (Å²) in [5.41, 5.74) is 2.08. The van der Waals surface area contributed by atoms with Crippen LogP contribution in [0.3, 0.4) is 0 Å². The number of nitro benzene ring substituents is 1. The zero-order valence-electron chi connectivity index (χ0n) is 15.1. The normalized spacial score (nSPS) is 10.6. The molecule has 1 amide bonds. The Hall–Kier alpha value is -2.78. The highest BCUT2D eigenvalue weighted by Gasteiger charge is 2.15. The van der Waals surface area contributed by atoms with E-state index < -0.39 is 4.92 Å². The second kappa shape index (κ2) is 9.43. The first-order chi connectivity index (χ1) is 13.5. The van der Waals surface area contributed by atoms with Gasteiger partial charge in [-0.3, -0.25) is 20.2 Å². The van der Waals surface area contributed by atoms with Crippen molar-refractivity contribution >= 4 is 39.8 Å². The lowest BCUT2D eigenvalue weighted by Gasteiger charge is -2.03. The van der Waals surface area contributed by atoms with E-state index in [1.807, 2.05) is 18.2 Å². The minimum absolute atomic E-state index is 0.0124. The van der Waals surface area contributed by atoms with Crippen molar-refractivity contribution in [2.45, 2.75) is 24.1 Å². The van der Waals surface area contributed by atoms with E-state index in [1.54, 1.807) is 18.7 Å². The van der Waals surface area contributed by atoms with Crippen molar-refractivity contribution in [1.29, 1.82) is 0 Å². The van der Waals surface area contributed by atoms with Crippen LogP contribution in [-0.4, -0.2) is 26.8 Å². The average molecular weight is 415 g/mol. The number of amides is 1. The summed E-state index contributed by atoms with van der Waals surface area (Å²) in [6.07, 6.45) is 2.04. The Bertz CT molecular complexity index is 976. The maximum absolute atomic E-state index is 12.3. The molecule has 0 aliphatic rings. The van der Waals surface area contributed by atoms with Gasteiger partial charge in [0.05, 0.1) is 4.92 Å². The predicted octanol–water partition coefficient (Wildman–Crippen LogP) is 4.73. The van der Waals surface area contributed by atoms with Gasteiger partial charge in [-0.15, -0.1) is 10.2 Å². The summed E-state index contributed by atoms with van der Waals surface area (Å²) in [5.74, 6) is 0.550. The number of hydrogen-bond acceptors (Lipinski definition) is 7. The number of rotatable bonds is 8. The summed E-state index contributed by atoms with van der Waals surface area (Å²) in [6, 6.07) is 14.6. The Morgan fingerprint density at radius 3 is 2.71 bits per heavy atom. The first kappa shape index (κ1) is 20.0. The number of thioether (sulfide) groups is 1. The molecule has 9 heteroatoms. The standard InChI is InChI=1S/C19H18N4O3S2/c1-13-12-15(9-10-16(13)23(25)26)17(24)20-18-21-22-19(28-18)27-11-5-8-14-6-3-2-4-7-14/h2-4,6-7,9-10,12H,5,8,11H2,1H3,(H,20,21,24).